The van der Waals surface area contributed by atoms with Crippen LogP contribution >= 0.6 is 0 Å². The van der Waals surface area contributed by atoms with Crippen molar-refractivity contribution in [1.29, 1.82) is 0 Å². The summed E-state index contributed by atoms with van der Waals surface area (Å²) < 4.78 is 13.7. The molecule has 1 N–H and O–H groups in total. The van der Waals surface area contributed by atoms with Crippen molar-refractivity contribution in [3.63, 3.8) is 0 Å². The molecule has 0 spiro atoms. The molecule has 0 heterocycles. The van der Waals surface area contributed by atoms with Crippen LogP contribution < -0.4 is 5.32 Å². The molecule has 0 amide bonds. The highest BCUT2D eigenvalue weighted by atomic mass is 19.1. The summed E-state index contributed by atoms with van der Waals surface area (Å²) in [6.07, 6.45) is 0. The van der Waals surface area contributed by atoms with Gasteiger partial charge in [-0.3, -0.25) is 10.1 Å². The fourth-order valence-corrected chi connectivity index (χ4v) is 2.06. The van der Waals surface area contributed by atoms with E-state index in [1.807, 2.05) is 6.92 Å². The van der Waals surface area contributed by atoms with Crippen LogP contribution in [-0.4, -0.2) is 4.92 Å². The Labute approximate surface area is 116 Å². The van der Waals surface area contributed by atoms with Gasteiger partial charge in [-0.15, -0.1) is 0 Å². The Bertz CT molecular complexity index is 644. The van der Waals surface area contributed by atoms with Gasteiger partial charge in [-0.25, -0.2) is 4.39 Å². The van der Waals surface area contributed by atoms with E-state index in [-0.39, 0.29) is 17.5 Å². The van der Waals surface area contributed by atoms with E-state index in [9.17, 15) is 14.5 Å². The predicted octanol–water partition coefficient (Wildman–Crippen LogP) is 4.22. The van der Waals surface area contributed by atoms with Crippen molar-refractivity contribution in [1.82, 2.24) is 0 Å². The van der Waals surface area contributed by atoms with Crippen molar-refractivity contribution in [2.24, 2.45) is 0 Å². The molecule has 0 saturated carbocycles. The maximum Gasteiger partial charge on any atom is 0.292 e. The van der Waals surface area contributed by atoms with Crippen LogP contribution in [-0.2, 0) is 0 Å². The number of nitrogens with one attached hydrogen (secondary N) is 1. The molecule has 0 fully saturated rings. The van der Waals surface area contributed by atoms with Crippen LogP contribution in [0, 0.1) is 22.9 Å². The lowest BCUT2D eigenvalue weighted by Crippen LogP contribution is -2.10. The zero-order chi connectivity index (χ0) is 14.7. The number of hydrogen-bond acceptors (Lipinski definition) is 3. The molecular formula is C15H15FN2O2. The van der Waals surface area contributed by atoms with Gasteiger partial charge in [0.25, 0.3) is 5.69 Å². The summed E-state index contributed by atoms with van der Waals surface area (Å²) in [6.45, 7) is 3.62. The molecule has 0 aromatic heterocycles. The van der Waals surface area contributed by atoms with Crippen molar-refractivity contribution in [2.45, 2.75) is 19.9 Å². The predicted molar refractivity (Wildman–Crippen MR) is 76.3 cm³/mol. The zero-order valence-electron chi connectivity index (χ0n) is 11.3. The first-order chi connectivity index (χ1) is 9.49. The highest BCUT2D eigenvalue weighted by Gasteiger charge is 2.17. The van der Waals surface area contributed by atoms with Gasteiger partial charge in [0, 0.05) is 11.6 Å². The van der Waals surface area contributed by atoms with E-state index in [1.165, 1.54) is 12.1 Å². The normalized spacial score (nSPS) is 11.9. The third kappa shape index (κ3) is 2.93. The molecule has 2 rings (SSSR count). The molecular weight excluding hydrogens is 259 g/mol. The number of hydrogen-bond donors (Lipinski definition) is 1. The molecule has 4 nitrogen and oxygen atoms in total. The Morgan fingerprint density at radius 3 is 2.60 bits per heavy atom. The Morgan fingerprint density at radius 2 is 1.95 bits per heavy atom. The van der Waals surface area contributed by atoms with Gasteiger partial charge < -0.3 is 5.32 Å². The quantitative estimate of drug-likeness (QED) is 0.671. The number of nitro groups is 1. The smallest absolute Gasteiger partial charge is 0.292 e. The summed E-state index contributed by atoms with van der Waals surface area (Å²) in [7, 11) is 0. The van der Waals surface area contributed by atoms with E-state index in [0.717, 1.165) is 5.56 Å². The second kappa shape index (κ2) is 5.69. The van der Waals surface area contributed by atoms with Crippen LogP contribution in [0.4, 0.5) is 15.8 Å². The largest absolute Gasteiger partial charge is 0.373 e. The number of nitrogens with zero attached hydrogens (tertiary/aromatic N) is 1. The van der Waals surface area contributed by atoms with Crippen molar-refractivity contribution in [3.05, 3.63) is 69.5 Å². The maximum atomic E-state index is 13.7. The number of halogens is 1. The van der Waals surface area contributed by atoms with E-state index in [0.29, 0.717) is 11.3 Å². The first-order valence-corrected chi connectivity index (χ1v) is 6.25. The van der Waals surface area contributed by atoms with Gasteiger partial charge in [0.05, 0.1) is 11.0 Å². The molecule has 0 aliphatic rings. The van der Waals surface area contributed by atoms with E-state index in [2.05, 4.69) is 5.32 Å². The Kier molecular flexibility index (Phi) is 3.98. The SMILES string of the molecule is Cc1ccc([N+](=O)[O-])c(NC(C)c2ccccc2F)c1. The molecule has 20 heavy (non-hydrogen) atoms. The molecule has 0 saturated heterocycles. The van der Waals surface area contributed by atoms with Gasteiger partial charge in [0.2, 0.25) is 0 Å². The van der Waals surface area contributed by atoms with Crippen LogP contribution in [0.15, 0.2) is 42.5 Å². The average molecular weight is 274 g/mol. The topological polar surface area (TPSA) is 55.2 Å². The van der Waals surface area contributed by atoms with Crippen LogP contribution in [0.25, 0.3) is 0 Å². The minimum Gasteiger partial charge on any atom is -0.373 e. The lowest BCUT2D eigenvalue weighted by Gasteiger charge is -2.16. The highest BCUT2D eigenvalue weighted by Crippen LogP contribution is 2.29. The van der Waals surface area contributed by atoms with Gasteiger partial charge in [0.1, 0.15) is 11.5 Å². The van der Waals surface area contributed by atoms with Crippen LogP contribution in [0.5, 0.6) is 0 Å². The molecule has 2 aromatic carbocycles. The lowest BCUT2D eigenvalue weighted by atomic mass is 10.1. The molecule has 0 aliphatic carbocycles. The van der Waals surface area contributed by atoms with Crippen molar-refractivity contribution < 1.29 is 9.31 Å². The van der Waals surface area contributed by atoms with Gasteiger partial charge in [-0.05, 0) is 31.5 Å². The maximum absolute atomic E-state index is 13.7. The Morgan fingerprint density at radius 1 is 1.25 bits per heavy atom. The van der Waals surface area contributed by atoms with Gasteiger partial charge in [-0.1, -0.05) is 24.3 Å². The van der Waals surface area contributed by atoms with Gasteiger partial charge >= 0.3 is 0 Å². The lowest BCUT2D eigenvalue weighted by molar-refractivity contribution is -0.384. The molecule has 0 aliphatic heterocycles. The number of rotatable bonds is 4. The van der Waals surface area contributed by atoms with Crippen LogP contribution in [0.3, 0.4) is 0 Å². The monoisotopic (exact) mass is 274 g/mol. The zero-order valence-corrected chi connectivity index (χ0v) is 11.3. The summed E-state index contributed by atoms with van der Waals surface area (Å²) in [5, 5.41) is 14.0. The van der Waals surface area contributed by atoms with Gasteiger partial charge in [-0.2, -0.15) is 0 Å². The standard InChI is InChI=1S/C15H15FN2O2/c1-10-7-8-15(18(19)20)14(9-10)17-11(2)12-5-3-4-6-13(12)16/h3-9,11,17H,1-2H3. The molecule has 2 aromatic rings. The minimum absolute atomic E-state index is 0.0150. The third-order valence-corrected chi connectivity index (χ3v) is 3.09. The fourth-order valence-electron chi connectivity index (χ4n) is 2.06. The molecule has 1 unspecified atom stereocenters. The van der Waals surface area contributed by atoms with E-state index in [4.69, 9.17) is 0 Å². The molecule has 5 heteroatoms. The van der Waals surface area contributed by atoms with E-state index >= 15 is 0 Å². The van der Waals surface area contributed by atoms with Crippen LogP contribution in [0.2, 0.25) is 0 Å². The van der Waals surface area contributed by atoms with E-state index in [1.54, 1.807) is 37.3 Å². The van der Waals surface area contributed by atoms with E-state index < -0.39 is 4.92 Å². The fraction of sp³-hybridized carbons (Fsp3) is 0.200. The summed E-state index contributed by atoms with van der Waals surface area (Å²) in [5.74, 6) is -0.331. The molecule has 0 bridgehead atoms. The van der Waals surface area contributed by atoms with Crippen molar-refractivity contribution in [3.8, 4) is 0 Å². The Balaban J connectivity index is 2.32. The number of anilines is 1. The highest BCUT2D eigenvalue weighted by molar-refractivity contribution is 5.63. The summed E-state index contributed by atoms with van der Waals surface area (Å²) in [5.41, 5.74) is 1.76. The summed E-state index contributed by atoms with van der Waals surface area (Å²) in [6, 6.07) is 10.8. The van der Waals surface area contributed by atoms with Gasteiger partial charge in [0.15, 0.2) is 0 Å². The van der Waals surface area contributed by atoms with Crippen molar-refractivity contribution >= 4 is 11.4 Å². The molecule has 0 radical (unpaired) electrons. The third-order valence-electron chi connectivity index (χ3n) is 3.09. The summed E-state index contributed by atoms with van der Waals surface area (Å²) >= 11 is 0. The first kappa shape index (κ1) is 14.0. The molecule has 1 atom stereocenters. The second-order valence-corrected chi connectivity index (χ2v) is 4.67. The number of aryl methyl sites for hydroxylation is 1. The van der Waals surface area contributed by atoms with Crippen LogP contribution in [0.1, 0.15) is 24.1 Å². The number of benzene rings is 2. The average Bonchev–Trinajstić information content (AvgIpc) is 2.38. The van der Waals surface area contributed by atoms with Crippen molar-refractivity contribution in [2.75, 3.05) is 5.32 Å². The minimum atomic E-state index is -0.449. The Hall–Kier alpha value is -2.43. The second-order valence-electron chi connectivity index (χ2n) is 4.67. The number of nitro benzene ring substituents is 1. The molecule has 104 valence electrons. The first-order valence-electron chi connectivity index (χ1n) is 6.25. The summed E-state index contributed by atoms with van der Waals surface area (Å²) in [4.78, 5) is 10.6.